The fraction of sp³-hybridized carbons (Fsp3) is 0.480. The summed E-state index contributed by atoms with van der Waals surface area (Å²) >= 11 is 6.19. The summed E-state index contributed by atoms with van der Waals surface area (Å²) in [4.78, 5) is 33.9. The summed E-state index contributed by atoms with van der Waals surface area (Å²) in [7, 11) is -3.61. The predicted molar refractivity (Wildman–Crippen MR) is 147 cm³/mol. The van der Waals surface area contributed by atoms with Gasteiger partial charge in [-0.3, -0.25) is 14.5 Å². The van der Waals surface area contributed by atoms with Crippen LogP contribution in [0.2, 0.25) is 5.02 Å². The van der Waals surface area contributed by atoms with Crippen LogP contribution in [0.5, 0.6) is 0 Å². The number of hydrogen-bond acceptors (Lipinski definition) is 9. The standard InChI is InChI=1S/C25H32ClN7O5S/c1-14-12-33-22(28-23(14)32-13-16(27)10-21(32)25(35)36)11-19(29-33)20-5-3-4-8-31(20)24(34)17-9-15(26)6-7-18(17)30-39(2,37)38/h6-7,9,11-12,16,19-21,29-30H,3-5,8,10,13,27H2,1-2H3,(H,35,36)/t16-,19?,20+,21-/m1/s1. The number of hydrogen-bond donors (Lipinski definition) is 4. The highest BCUT2D eigenvalue weighted by molar-refractivity contribution is 7.92. The van der Waals surface area contributed by atoms with Crippen LogP contribution in [0.1, 0.15) is 43.0 Å². The third kappa shape index (κ3) is 5.62. The number of rotatable bonds is 5. The van der Waals surface area contributed by atoms with Gasteiger partial charge < -0.3 is 20.6 Å². The number of benzene rings is 1. The second kappa shape index (κ2) is 10.5. The first-order valence-corrected chi connectivity index (χ1v) is 15.1. The van der Waals surface area contributed by atoms with Crippen molar-refractivity contribution in [3.8, 4) is 0 Å². The van der Waals surface area contributed by atoms with E-state index in [-0.39, 0.29) is 35.3 Å². The second-order valence-electron chi connectivity index (χ2n) is 10.4. The van der Waals surface area contributed by atoms with Crippen molar-refractivity contribution >= 4 is 45.0 Å². The van der Waals surface area contributed by atoms with Gasteiger partial charge in [0.25, 0.3) is 5.91 Å². The number of nitrogens with two attached hydrogens (primary N) is 1. The average molecular weight is 578 g/mol. The predicted octanol–water partition coefficient (Wildman–Crippen LogP) is 1.54. The summed E-state index contributed by atoms with van der Waals surface area (Å²) in [5.41, 5.74) is 10.7. The van der Waals surface area contributed by atoms with Gasteiger partial charge in [-0.25, -0.2) is 23.6 Å². The summed E-state index contributed by atoms with van der Waals surface area (Å²) in [5.74, 6) is -0.0539. The summed E-state index contributed by atoms with van der Waals surface area (Å²) < 4.78 is 26.3. The number of aliphatic carboxylic acids is 1. The van der Waals surface area contributed by atoms with Gasteiger partial charge in [0.1, 0.15) is 17.7 Å². The van der Waals surface area contributed by atoms with Gasteiger partial charge in [-0.1, -0.05) is 11.6 Å². The number of nitrogens with zero attached hydrogens (tertiary/aromatic N) is 4. The minimum absolute atomic E-state index is 0.177. The van der Waals surface area contributed by atoms with Crippen LogP contribution in [0.25, 0.3) is 0 Å². The Labute approximate surface area is 232 Å². The Morgan fingerprint density at radius 3 is 2.77 bits per heavy atom. The van der Waals surface area contributed by atoms with Gasteiger partial charge in [0.05, 0.1) is 29.6 Å². The minimum Gasteiger partial charge on any atom is -0.480 e. The molecule has 4 atom stereocenters. The molecule has 5 rings (SSSR count). The van der Waals surface area contributed by atoms with Crippen LogP contribution < -0.4 is 15.9 Å². The zero-order valence-electron chi connectivity index (χ0n) is 21.7. The fourth-order valence-corrected chi connectivity index (χ4v) is 6.44. The highest BCUT2D eigenvalue weighted by Gasteiger charge is 2.41. The second-order valence-corrected chi connectivity index (χ2v) is 12.6. The number of anilines is 1. The van der Waals surface area contributed by atoms with Crippen molar-refractivity contribution in [1.82, 2.24) is 20.2 Å². The van der Waals surface area contributed by atoms with E-state index >= 15 is 0 Å². The molecule has 2 fully saturated rings. The van der Waals surface area contributed by atoms with Gasteiger partial charge in [-0.05, 0) is 56.9 Å². The molecule has 2 saturated heterocycles. The number of amides is 1. The molecule has 39 heavy (non-hydrogen) atoms. The molecular formula is C25H32ClN7O5S. The highest BCUT2D eigenvalue weighted by Crippen LogP contribution is 2.32. The Hall–Kier alpha value is -3.13. The number of hydrazine groups is 1. The van der Waals surface area contributed by atoms with Crippen LogP contribution in [0, 0.1) is 0 Å². The van der Waals surface area contributed by atoms with E-state index in [4.69, 9.17) is 22.3 Å². The maximum Gasteiger partial charge on any atom is 0.326 e. The van der Waals surface area contributed by atoms with E-state index in [0.717, 1.165) is 31.1 Å². The SMILES string of the molecule is CC1=CN2NC([C@@H]3CCCCN3C(=O)c3cc(Cl)ccc3NS(C)(=O)=O)C=C2N=C1N1C[C@H](N)C[C@@H]1C(=O)O. The van der Waals surface area contributed by atoms with Gasteiger partial charge >= 0.3 is 5.97 Å². The number of carboxylic acids is 1. The van der Waals surface area contributed by atoms with Crippen molar-refractivity contribution in [1.29, 1.82) is 0 Å². The van der Waals surface area contributed by atoms with Crippen molar-refractivity contribution in [2.24, 2.45) is 10.7 Å². The van der Waals surface area contributed by atoms with Crippen LogP contribution in [0.3, 0.4) is 0 Å². The molecule has 1 amide bonds. The number of piperidine rings is 1. The summed E-state index contributed by atoms with van der Waals surface area (Å²) in [6, 6.07) is 3.02. The molecule has 4 aliphatic rings. The minimum atomic E-state index is -3.61. The van der Waals surface area contributed by atoms with Gasteiger partial charge in [0, 0.05) is 35.9 Å². The number of aliphatic imine (C=N–C) groups is 1. The monoisotopic (exact) mass is 577 g/mol. The molecule has 0 bridgehead atoms. The number of sulfonamides is 1. The molecule has 5 N–H and O–H groups in total. The topological polar surface area (TPSA) is 161 Å². The summed E-state index contributed by atoms with van der Waals surface area (Å²) in [6.45, 7) is 2.78. The van der Waals surface area contributed by atoms with E-state index < -0.39 is 22.0 Å². The first kappa shape index (κ1) is 27.4. The van der Waals surface area contributed by atoms with Gasteiger partial charge in [0.15, 0.2) is 0 Å². The number of likely N-dealkylation sites (tertiary alicyclic amines) is 2. The van der Waals surface area contributed by atoms with Gasteiger partial charge in [0.2, 0.25) is 10.0 Å². The first-order chi connectivity index (χ1) is 18.4. The molecule has 0 radical (unpaired) electrons. The molecule has 0 aliphatic carbocycles. The van der Waals surface area contributed by atoms with E-state index in [2.05, 4.69) is 10.1 Å². The Balaban J connectivity index is 1.42. The highest BCUT2D eigenvalue weighted by atomic mass is 35.5. The number of nitrogens with one attached hydrogen (secondary N) is 2. The Morgan fingerprint density at radius 1 is 1.28 bits per heavy atom. The quantitative estimate of drug-likeness (QED) is 0.407. The molecule has 14 heteroatoms. The molecule has 210 valence electrons. The Morgan fingerprint density at radius 2 is 2.05 bits per heavy atom. The van der Waals surface area contributed by atoms with Gasteiger partial charge in [-0.15, -0.1) is 0 Å². The zero-order valence-corrected chi connectivity index (χ0v) is 23.2. The molecule has 4 heterocycles. The Kier molecular flexibility index (Phi) is 7.35. The first-order valence-electron chi connectivity index (χ1n) is 12.8. The molecule has 1 aromatic carbocycles. The van der Waals surface area contributed by atoms with E-state index in [1.54, 1.807) is 14.8 Å². The number of halogens is 1. The largest absolute Gasteiger partial charge is 0.480 e. The normalized spacial score (nSPS) is 27.1. The van der Waals surface area contributed by atoms with E-state index in [0.29, 0.717) is 36.2 Å². The van der Waals surface area contributed by atoms with Crippen LogP contribution in [-0.2, 0) is 14.8 Å². The van der Waals surface area contributed by atoms with Crippen molar-refractivity contribution in [3.63, 3.8) is 0 Å². The van der Waals surface area contributed by atoms with Gasteiger partial charge in [-0.2, -0.15) is 0 Å². The van der Waals surface area contributed by atoms with Crippen molar-refractivity contribution in [3.05, 3.63) is 52.5 Å². The lowest BCUT2D eigenvalue weighted by Crippen LogP contribution is -2.54. The lowest BCUT2D eigenvalue weighted by molar-refractivity contribution is -0.140. The fourth-order valence-electron chi connectivity index (χ4n) is 5.69. The van der Waals surface area contributed by atoms with Crippen LogP contribution >= 0.6 is 11.6 Å². The number of amidine groups is 1. The third-order valence-corrected chi connectivity index (χ3v) is 8.21. The third-order valence-electron chi connectivity index (χ3n) is 7.38. The lowest BCUT2D eigenvalue weighted by Gasteiger charge is -2.39. The Bertz CT molecular complexity index is 1390. The van der Waals surface area contributed by atoms with E-state index in [1.165, 1.54) is 18.2 Å². The maximum atomic E-state index is 13.8. The molecule has 1 unspecified atom stereocenters. The number of carboxylic acid groups (broad SMARTS) is 1. The van der Waals surface area contributed by atoms with Crippen LogP contribution in [0.4, 0.5) is 5.69 Å². The molecule has 12 nitrogen and oxygen atoms in total. The molecule has 0 spiro atoms. The van der Waals surface area contributed by atoms with Crippen LogP contribution in [-0.4, -0.2) is 89.6 Å². The molecule has 1 aromatic rings. The maximum absolute atomic E-state index is 13.8. The molecule has 0 saturated carbocycles. The lowest BCUT2D eigenvalue weighted by atomic mass is 9.94. The zero-order chi connectivity index (χ0) is 28.1. The van der Waals surface area contributed by atoms with E-state index in [1.807, 2.05) is 19.2 Å². The molecule has 4 aliphatic heterocycles. The summed E-state index contributed by atoms with van der Waals surface area (Å²) in [6.07, 6.45) is 7.67. The number of carbonyl (C=O) groups is 2. The smallest absolute Gasteiger partial charge is 0.326 e. The van der Waals surface area contributed by atoms with E-state index in [9.17, 15) is 23.1 Å². The molecule has 0 aromatic heterocycles. The van der Waals surface area contributed by atoms with Crippen molar-refractivity contribution in [2.45, 2.75) is 56.8 Å². The van der Waals surface area contributed by atoms with Crippen molar-refractivity contribution in [2.75, 3.05) is 24.1 Å². The average Bonchev–Trinajstić information content (AvgIpc) is 3.46. The summed E-state index contributed by atoms with van der Waals surface area (Å²) in [5, 5.41) is 11.8. The number of fused-ring (bicyclic) bond motifs is 1. The number of carbonyl (C=O) groups excluding carboxylic acids is 1. The molecular weight excluding hydrogens is 546 g/mol. The van der Waals surface area contributed by atoms with Crippen LogP contribution in [0.15, 0.2) is 46.9 Å². The van der Waals surface area contributed by atoms with Crippen molar-refractivity contribution < 1.29 is 23.1 Å².